The standard InChI is InChI=1S/C17H33NO2S/c1-12(2)16-9-8-13(3)11-17(16,18)14-6-5-7-15(10-14)21(4,19)20/h12-16H,5-11,18H2,1-4H3. The third-order valence-corrected chi connectivity index (χ3v) is 7.80. The summed E-state index contributed by atoms with van der Waals surface area (Å²) in [6.07, 6.45) is 8.67. The van der Waals surface area contributed by atoms with Gasteiger partial charge < -0.3 is 5.73 Å². The van der Waals surface area contributed by atoms with Crippen LogP contribution in [0.25, 0.3) is 0 Å². The molecule has 124 valence electrons. The Morgan fingerprint density at radius 3 is 2.38 bits per heavy atom. The molecule has 0 aromatic heterocycles. The van der Waals surface area contributed by atoms with Gasteiger partial charge >= 0.3 is 0 Å². The van der Waals surface area contributed by atoms with Crippen LogP contribution in [0, 0.1) is 23.7 Å². The molecule has 2 saturated carbocycles. The lowest BCUT2D eigenvalue weighted by Gasteiger charge is -2.52. The van der Waals surface area contributed by atoms with E-state index >= 15 is 0 Å². The molecule has 5 unspecified atom stereocenters. The Labute approximate surface area is 131 Å². The van der Waals surface area contributed by atoms with Crippen LogP contribution in [-0.4, -0.2) is 25.5 Å². The smallest absolute Gasteiger partial charge is 0.150 e. The summed E-state index contributed by atoms with van der Waals surface area (Å²) in [5.74, 6) is 2.17. The van der Waals surface area contributed by atoms with Crippen LogP contribution in [0.1, 0.15) is 65.7 Å². The molecule has 0 radical (unpaired) electrons. The van der Waals surface area contributed by atoms with Crippen LogP contribution in [0.15, 0.2) is 0 Å². The number of sulfone groups is 1. The molecule has 0 aromatic rings. The van der Waals surface area contributed by atoms with Crippen LogP contribution >= 0.6 is 0 Å². The van der Waals surface area contributed by atoms with Gasteiger partial charge in [0.05, 0.1) is 5.25 Å². The second-order valence-corrected chi connectivity index (χ2v) is 10.5. The third kappa shape index (κ3) is 3.64. The predicted octanol–water partition coefficient (Wildman–Crippen LogP) is 3.38. The Kier molecular flexibility index (Phi) is 5.09. The minimum absolute atomic E-state index is 0.158. The summed E-state index contributed by atoms with van der Waals surface area (Å²) in [6, 6.07) is 0. The average molecular weight is 316 g/mol. The molecule has 2 fully saturated rings. The molecule has 5 atom stereocenters. The first-order chi connectivity index (χ1) is 9.64. The number of hydrogen-bond donors (Lipinski definition) is 1. The fourth-order valence-corrected chi connectivity index (χ4v) is 6.21. The molecule has 0 aliphatic heterocycles. The molecule has 0 amide bonds. The van der Waals surface area contributed by atoms with Gasteiger partial charge in [0, 0.05) is 11.8 Å². The Morgan fingerprint density at radius 2 is 1.81 bits per heavy atom. The molecular formula is C17H33NO2S. The van der Waals surface area contributed by atoms with Gasteiger partial charge in [-0.3, -0.25) is 0 Å². The molecule has 0 heterocycles. The minimum atomic E-state index is -2.93. The molecule has 2 aliphatic carbocycles. The van der Waals surface area contributed by atoms with Gasteiger partial charge in [0.25, 0.3) is 0 Å². The Bertz CT molecular complexity index is 459. The van der Waals surface area contributed by atoms with Crippen molar-refractivity contribution in [2.75, 3.05) is 6.26 Å². The number of hydrogen-bond acceptors (Lipinski definition) is 3. The van der Waals surface area contributed by atoms with Crippen LogP contribution in [0.2, 0.25) is 0 Å². The molecule has 2 rings (SSSR count). The highest BCUT2D eigenvalue weighted by Gasteiger charge is 2.48. The molecule has 3 nitrogen and oxygen atoms in total. The normalized spacial score (nSPS) is 42.2. The molecule has 0 aromatic carbocycles. The highest BCUT2D eigenvalue weighted by Crippen LogP contribution is 2.48. The van der Waals surface area contributed by atoms with Gasteiger partial charge in [0.2, 0.25) is 0 Å². The first-order valence-electron chi connectivity index (χ1n) is 8.62. The lowest BCUT2D eigenvalue weighted by molar-refractivity contribution is 0.0411. The highest BCUT2D eigenvalue weighted by atomic mass is 32.2. The van der Waals surface area contributed by atoms with E-state index in [0.717, 1.165) is 32.1 Å². The van der Waals surface area contributed by atoms with Gasteiger partial charge in [0.15, 0.2) is 0 Å². The summed E-state index contributed by atoms with van der Waals surface area (Å²) in [5, 5.41) is -0.165. The van der Waals surface area contributed by atoms with Crippen molar-refractivity contribution in [2.24, 2.45) is 29.4 Å². The Morgan fingerprint density at radius 1 is 1.14 bits per heavy atom. The summed E-state index contributed by atoms with van der Waals surface area (Å²) in [4.78, 5) is 0. The maximum atomic E-state index is 12.0. The van der Waals surface area contributed by atoms with Gasteiger partial charge in [-0.25, -0.2) is 8.42 Å². The van der Waals surface area contributed by atoms with Crippen molar-refractivity contribution in [2.45, 2.75) is 76.5 Å². The lowest BCUT2D eigenvalue weighted by Crippen LogP contribution is -2.59. The van der Waals surface area contributed by atoms with E-state index in [-0.39, 0.29) is 10.8 Å². The first kappa shape index (κ1) is 17.3. The van der Waals surface area contributed by atoms with E-state index < -0.39 is 9.84 Å². The molecule has 4 heteroatoms. The zero-order valence-corrected chi connectivity index (χ0v) is 15.0. The summed E-state index contributed by atoms with van der Waals surface area (Å²) in [6.45, 7) is 6.85. The minimum Gasteiger partial charge on any atom is -0.325 e. The molecule has 0 saturated heterocycles. The van der Waals surface area contributed by atoms with E-state index in [0.29, 0.717) is 23.7 Å². The zero-order valence-electron chi connectivity index (χ0n) is 14.1. The molecule has 0 bridgehead atoms. The molecular weight excluding hydrogens is 282 g/mol. The largest absolute Gasteiger partial charge is 0.325 e. The van der Waals surface area contributed by atoms with Gasteiger partial charge in [-0.15, -0.1) is 0 Å². The van der Waals surface area contributed by atoms with E-state index in [1.165, 1.54) is 19.1 Å². The van der Waals surface area contributed by atoms with E-state index in [9.17, 15) is 8.42 Å². The van der Waals surface area contributed by atoms with E-state index in [2.05, 4.69) is 20.8 Å². The highest BCUT2D eigenvalue weighted by molar-refractivity contribution is 7.91. The van der Waals surface area contributed by atoms with Crippen LogP contribution < -0.4 is 5.73 Å². The maximum absolute atomic E-state index is 12.0. The fourth-order valence-electron chi connectivity index (χ4n) is 5.04. The SMILES string of the molecule is CC1CCC(C(C)C)C(N)(C2CCCC(S(C)(=O)=O)C2)C1. The van der Waals surface area contributed by atoms with E-state index in [1.54, 1.807) is 0 Å². The van der Waals surface area contributed by atoms with E-state index in [4.69, 9.17) is 5.73 Å². The topological polar surface area (TPSA) is 60.2 Å². The van der Waals surface area contributed by atoms with Crippen LogP contribution in [-0.2, 0) is 9.84 Å². The molecule has 2 N–H and O–H groups in total. The van der Waals surface area contributed by atoms with Crippen molar-refractivity contribution in [3.05, 3.63) is 0 Å². The second kappa shape index (κ2) is 6.19. The molecule has 21 heavy (non-hydrogen) atoms. The summed E-state index contributed by atoms with van der Waals surface area (Å²) in [7, 11) is -2.93. The average Bonchev–Trinajstić information content (AvgIpc) is 2.37. The van der Waals surface area contributed by atoms with Crippen molar-refractivity contribution < 1.29 is 8.42 Å². The first-order valence-corrected chi connectivity index (χ1v) is 10.6. The molecule has 2 aliphatic rings. The zero-order chi connectivity index (χ0) is 15.8. The van der Waals surface area contributed by atoms with Crippen molar-refractivity contribution in [1.82, 2.24) is 0 Å². The monoisotopic (exact) mass is 315 g/mol. The van der Waals surface area contributed by atoms with Crippen LogP contribution in [0.5, 0.6) is 0 Å². The third-order valence-electron chi connectivity index (χ3n) is 6.16. The molecule has 0 spiro atoms. The van der Waals surface area contributed by atoms with Gasteiger partial charge in [-0.1, -0.05) is 33.6 Å². The second-order valence-electron chi connectivity index (χ2n) is 8.16. The summed E-state index contributed by atoms with van der Waals surface area (Å²) < 4.78 is 23.9. The van der Waals surface area contributed by atoms with Gasteiger partial charge in [-0.05, 0) is 55.8 Å². The fraction of sp³-hybridized carbons (Fsp3) is 1.00. The summed E-state index contributed by atoms with van der Waals surface area (Å²) >= 11 is 0. The van der Waals surface area contributed by atoms with Crippen molar-refractivity contribution in [3.63, 3.8) is 0 Å². The maximum Gasteiger partial charge on any atom is 0.150 e. The quantitative estimate of drug-likeness (QED) is 0.868. The predicted molar refractivity (Wildman–Crippen MR) is 88.9 cm³/mol. The van der Waals surface area contributed by atoms with Crippen molar-refractivity contribution in [1.29, 1.82) is 0 Å². The summed E-state index contributed by atoms with van der Waals surface area (Å²) in [5.41, 5.74) is 6.82. The van der Waals surface area contributed by atoms with Crippen LogP contribution in [0.3, 0.4) is 0 Å². The van der Waals surface area contributed by atoms with Gasteiger partial charge in [-0.2, -0.15) is 0 Å². The lowest BCUT2D eigenvalue weighted by atomic mass is 9.58. The van der Waals surface area contributed by atoms with Gasteiger partial charge in [0.1, 0.15) is 9.84 Å². The Hall–Kier alpha value is -0.0900. The van der Waals surface area contributed by atoms with E-state index in [1.807, 2.05) is 0 Å². The Balaban J connectivity index is 2.23. The van der Waals surface area contributed by atoms with Crippen molar-refractivity contribution in [3.8, 4) is 0 Å². The number of nitrogens with two attached hydrogens (primary N) is 1. The van der Waals surface area contributed by atoms with Crippen LogP contribution in [0.4, 0.5) is 0 Å². The number of rotatable bonds is 3. The van der Waals surface area contributed by atoms with Crippen molar-refractivity contribution >= 4 is 9.84 Å².